The second-order valence-electron chi connectivity index (χ2n) is 8.47. The van der Waals surface area contributed by atoms with Crippen LogP contribution in [0.2, 0.25) is 26.2 Å². The van der Waals surface area contributed by atoms with E-state index < -0.39 is 15.2 Å². The Kier molecular flexibility index (Phi) is 3.10. The molecule has 0 bridgehead atoms. The number of fused-ring (bicyclic) bond motifs is 5. The number of aryl methyl sites for hydroxylation is 3. The average Bonchev–Trinajstić information content (AvgIpc) is 2.98. The molecule has 0 atom stereocenters. The normalized spacial score (nSPS) is 17.6. The highest BCUT2D eigenvalue weighted by Crippen LogP contribution is 2.37. The van der Waals surface area contributed by atoms with E-state index in [-0.39, 0.29) is 0 Å². The maximum Gasteiger partial charge on any atom is 0.0932 e. The first-order chi connectivity index (χ1) is 11.2. The van der Waals surface area contributed by atoms with Crippen molar-refractivity contribution < 1.29 is 0 Å². The Labute approximate surface area is 146 Å². The Hall–Kier alpha value is -1.66. The lowest BCUT2D eigenvalue weighted by atomic mass is 9.97. The summed E-state index contributed by atoms with van der Waals surface area (Å²) >= 11 is 0. The molecule has 4 rings (SSSR count). The van der Waals surface area contributed by atoms with Crippen molar-refractivity contribution in [1.29, 1.82) is 0 Å². The van der Waals surface area contributed by atoms with Gasteiger partial charge in [0.15, 0.2) is 0 Å². The molecular weight excluding hydrogens is 324 g/mol. The Morgan fingerprint density at radius 1 is 0.792 bits per heavy atom. The first-order valence-electron chi connectivity index (χ1n) is 8.75. The van der Waals surface area contributed by atoms with Gasteiger partial charge in [-0.25, -0.2) is 4.98 Å². The van der Waals surface area contributed by atoms with E-state index in [1.165, 1.54) is 33.3 Å². The fourth-order valence-electron chi connectivity index (χ4n) is 4.26. The number of imidazole rings is 1. The fraction of sp³-hybridized carbons (Fsp3) is 0.350. The van der Waals surface area contributed by atoms with E-state index in [0.717, 1.165) is 5.52 Å². The molecule has 0 fully saturated rings. The molecule has 0 aliphatic carbocycles. The predicted octanol–water partition coefficient (Wildman–Crippen LogP) is 4.08. The summed E-state index contributed by atoms with van der Waals surface area (Å²) in [7, 11) is -3.09. The quantitative estimate of drug-likeness (QED) is 0.608. The second kappa shape index (κ2) is 4.70. The topological polar surface area (TPSA) is 28.7 Å². The Morgan fingerprint density at radius 3 is 2.08 bits per heavy atom. The van der Waals surface area contributed by atoms with Gasteiger partial charge in [-0.3, -0.25) is 0 Å². The summed E-state index contributed by atoms with van der Waals surface area (Å²) in [5.41, 5.74) is 9.39. The van der Waals surface area contributed by atoms with E-state index >= 15 is 0 Å². The third kappa shape index (κ3) is 1.78. The first kappa shape index (κ1) is 15.8. The minimum Gasteiger partial charge on any atom is -0.344 e. The van der Waals surface area contributed by atoms with E-state index in [1.807, 2.05) is 6.33 Å². The number of aromatic amines is 1. The summed E-state index contributed by atoms with van der Waals surface area (Å²) < 4.78 is 0. The lowest BCUT2D eigenvalue weighted by Gasteiger charge is -2.46. The van der Waals surface area contributed by atoms with Crippen LogP contribution in [-0.2, 0) is 0 Å². The molecule has 0 radical (unpaired) electrons. The molecular formula is C20H26N2Si2. The maximum absolute atomic E-state index is 4.59. The molecule has 1 aliphatic rings. The predicted molar refractivity (Wildman–Crippen MR) is 110 cm³/mol. The van der Waals surface area contributed by atoms with Crippen molar-refractivity contribution in [3.63, 3.8) is 0 Å². The summed E-state index contributed by atoms with van der Waals surface area (Å²) in [6.45, 7) is 17.0. The van der Waals surface area contributed by atoms with Gasteiger partial charge in [-0.2, -0.15) is 0 Å². The van der Waals surface area contributed by atoms with E-state index in [2.05, 4.69) is 75.1 Å². The van der Waals surface area contributed by atoms with Crippen molar-refractivity contribution in [2.75, 3.05) is 0 Å². The highest BCUT2D eigenvalue weighted by atomic mass is 29.3. The molecule has 1 N–H and O–H groups in total. The number of nitrogens with one attached hydrogen (secondary N) is 1. The van der Waals surface area contributed by atoms with E-state index in [9.17, 15) is 0 Å². The molecule has 4 heteroatoms. The Morgan fingerprint density at radius 2 is 1.38 bits per heavy atom. The van der Waals surface area contributed by atoms with Crippen molar-refractivity contribution in [2.24, 2.45) is 0 Å². The largest absolute Gasteiger partial charge is 0.344 e. The number of hydrogen-bond donors (Lipinski definition) is 1. The molecule has 1 aromatic heterocycles. The average molecular weight is 351 g/mol. The van der Waals surface area contributed by atoms with Crippen molar-refractivity contribution in [1.82, 2.24) is 9.97 Å². The van der Waals surface area contributed by atoms with E-state index in [1.54, 1.807) is 10.4 Å². The Bertz CT molecular complexity index is 997. The highest BCUT2D eigenvalue weighted by Gasteiger charge is 2.49. The van der Waals surface area contributed by atoms with Crippen LogP contribution in [0.15, 0.2) is 24.5 Å². The van der Waals surface area contributed by atoms with Crippen molar-refractivity contribution in [3.05, 3.63) is 41.2 Å². The van der Waals surface area contributed by atoms with E-state index in [4.69, 9.17) is 0 Å². The van der Waals surface area contributed by atoms with Crippen LogP contribution in [0.25, 0.3) is 22.2 Å². The van der Waals surface area contributed by atoms with Crippen LogP contribution >= 0.6 is 0 Å². The van der Waals surface area contributed by atoms with Gasteiger partial charge in [0.1, 0.15) is 0 Å². The smallest absolute Gasteiger partial charge is 0.0932 e. The zero-order valence-electron chi connectivity index (χ0n) is 15.8. The number of aromatic nitrogens is 2. The van der Waals surface area contributed by atoms with Crippen molar-refractivity contribution in [3.8, 4) is 11.1 Å². The molecule has 0 unspecified atom stereocenters. The molecule has 3 aromatic rings. The monoisotopic (exact) mass is 350 g/mol. The molecule has 124 valence electrons. The number of nitrogens with zero attached hydrogens (tertiary/aromatic N) is 1. The fourth-order valence-corrected chi connectivity index (χ4v) is 13.8. The van der Waals surface area contributed by atoms with Gasteiger partial charge in [0.05, 0.1) is 32.5 Å². The van der Waals surface area contributed by atoms with Gasteiger partial charge in [0.2, 0.25) is 0 Å². The van der Waals surface area contributed by atoms with Gasteiger partial charge in [0, 0.05) is 5.56 Å². The molecule has 2 aromatic carbocycles. The van der Waals surface area contributed by atoms with Gasteiger partial charge in [-0.05, 0) is 43.0 Å². The van der Waals surface area contributed by atoms with Crippen molar-refractivity contribution in [2.45, 2.75) is 47.0 Å². The molecule has 24 heavy (non-hydrogen) atoms. The molecule has 1 aliphatic heterocycles. The van der Waals surface area contributed by atoms with E-state index in [0.29, 0.717) is 0 Å². The standard InChI is InChI=1S/C20H26N2Si2/c1-12-8-15-16(9-13(12)2)23(4,5)24(6,7)17-10-14(3)19-20(18(15)17)22-11-21-19/h8-11H,1-7H3,(H,21,22). The van der Waals surface area contributed by atoms with Crippen LogP contribution in [-0.4, -0.2) is 25.2 Å². The van der Waals surface area contributed by atoms with Gasteiger partial charge >= 0.3 is 0 Å². The van der Waals surface area contributed by atoms with Crippen LogP contribution in [0.5, 0.6) is 0 Å². The number of H-pyrrole nitrogens is 1. The van der Waals surface area contributed by atoms with Crippen LogP contribution in [0.3, 0.4) is 0 Å². The first-order valence-corrected chi connectivity index (χ1v) is 15.8. The minimum atomic E-state index is -1.56. The summed E-state index contributed by atoms with van der Waals surface area (Å²) in [6.07, 6.45) is 1.85. The third-order valence-corrected chi connectivity index (χ3v) is 24.3. The Balaban J connectivity index is 2.25. The van der Waals surface area contributed by atoms with Crippen LogP contribution < -0.4 is 10.4 Å². The number of rotatable bonds is 0. The van der Waals surface area contributed by atoms with Crippen LogP contribution in [0.1, 0.15) is 16.7 Å². The number of hydrogen-bond acceptors (Lipinski definition) is 1. The molecule has 0 saturated heterocycles. The summed E-state index contributed by atoms with van der Waals surface area (Å²) in [5.74, 6) is 0. The van der Waals surface area contributed by atoms with Gasteiger partial charge in [0.25, 0.3) is 0 Å². The lowest BCUT2D eigenvalue weighted by Crippen LogP contribution is -2.72. The summed E-state index contributed by atoms with van der Waals surface area (Å²) in [6, 6.07) is 7.38. The highest BCUT2D eigenvalue weighted by molar-refractivity contribution is 7.51. The summed E-state index contributed by atoms with van der Waals surface area (Å²) in [5, 5.41) is 3.28. The van der Waals surface area contributed by atoms with Crippen LogP contribution in [0, 0.1) is 20.8 Å². The van der Waals surface area contributed by atoms with Gasteiger partial charge in [-0.15, -0.1) is 0 Å². The maximum atomic E-state index is 4.59. The van der Waals surface area contributed by atoms with Gasteiger partial charge < -0.3 is 4.98 Å². The molecule has 0 amide bonds. The SMILES string of the molecule is Cc1cc2c(cc1C)[Si](C)(C)[Si](C)(C)c1cc(C)c3nc[nH]c3c1-2. The number of benzene rings is 2. The zero-order chi connectivity index (χ0) is 17.4. The summed E-state index contributed by atoms with van der Waals surface area (Å²) in [4.78, 5) is 8.05. The van der Waals surface area contributed by atoms with Crippen molar-refractivity contribution >= 4 is 36.6 Å². The van der Waals surface area contributed by atoms with Gasteiger partial charge in [-0.1, -0.05) is 54.8 Å². The zero-order valence-corrected chi connectivity index (χ0v) is 17.8. The lowest BCUT2D eigenvalue weighted by molar-refractivity contribution is 1.34. The molecule has 2 nitrogen and oxygen atoms in total. The third-order valence-electron chi connectivity index (χ3n) is 6.71. The van der Waals surface area contributed by atoms with Crippen LogP contribution in [0.4, 0.5) is 0 Å². The minimum absolute atomic E-state index is 1.13. The molecule has 0 saturated carbocycles. The second-order valence-corrected chi connectivity index (χ2v) is 23.6. The molecule has 0 spiro atoms. The molecule has 2 heterocycles.